The van der Waals surface area contributed by atoms with Gasteiger partial charge in [-0.25, -0.2) is 9.48 Å². The van der Waals surface area contributed by atoms with Crippen molar-refractivity contribution in [2.45, 2.75) is 44.1 Å². The van der Waals surface area contributed by atoms with Crippen molar-refractivity contribution in [2.24, 2.45) is 0 Å². The molecule has 6 nitrogen and oxygen atoms in total. The molecule has 31 heavy (non-hydrogen) atoms. The van der Waals surface area contributed by atoms with Crippen LogP contribution in [0.25, 0.3) is 0 Å². The minimum Gasteiger partial charge on any atom is -0.463 e. The number of carbonyl (C=O) groups excluding carboxylic acids is 1. The maximum atomic E-state index is 12.9. The van der Waals surface area contributed by atoms with E-state index in [4.69, 9.17) is 9.84 Å². The predicted octanol–water partition coefficient (Wildman–Crippen LogP) is 4.98. The van der Waals surface area contributed by atoms with Gasteiger partial charge in [0.15, 0.2) is 0 Å². The minimum absolute atomic E-state index is 0.319. The van der Waals surface area contributed by atoms with Crippen molar-refractivity contribution in [2.75, 3.05) is 11.9 Å². The number of nitrogens with one attached hydrogen (secondary N) is 1. The lowest BCUT2D eigenvalue weighted by molar-refractivity contribution is -0.139. The zero-order valence-corrected chi connectivity index (χ0v) is 18.8. The fourth-order valence-corrected chi connectivity index (χ4v) is 4.42. The predicted molar refractivity (Wildman–Crippen MR) is 123 cm³/mol. The summed E-state index contributed by atoms with van der Waals surface area (Å²) in [4.78, 5) is 17.5. The Hall–Kier alpha value is -3.06. The van der Waals surface area contributed by atoms with Gasteiger partial charge in [0.25, 0.3) is 0 Å². The second-order valence-corrected chi connectivity index (χ2v) is 8.26. The van der Waals surface area contributed by atoms with Crippen molar-refractivity contribution in [3.63, 3.8) is 0 Å². The number of benzene rings is 2. The normalized spacial score (nSPS) is 15.4. The van der Waals surface area contributed by atoms with Crippen LogP contribution in [0.3, 0.4) is 0 Å². The van der Waals surface area contributed by atoms with Crippen LogP contribution in [0.2, 0.25) is 0 Å². The molecule has 0 fully saturated rings. The highest BCUT2D eigenvalue weighted by molar-refractivity contribution is 7.98. The standard InChI is InChI=1S/C24H26N4O2S/c1-4-17-11-13-19(14-12-17)21-20(22(29)30-5-2)16(3)25-23-26-24(27-28(21)23)31-15-18-9-7-6-8-10-18/h6-14,21H,4-5,15H2,1-3H3,(H,25,26,27)/t21-/m0/s1. The second-order valence-electron chi connectivity index (χ2n) is 7.32. The van der Waals surface area contributed by atoms with Crippen LogP contribution in [0.5, 0.6) is 0 Å². The molecule has 1 N–H and O–H groups in total. The molecule has 0 saturated carbocycles. The Balaban J connectivity index is 1.70. The largest absolute Gasteiger partial charge is 0.463 e. The zero-order chi connectivity index (χ0) is 21.8. The highest BCUT2D eigenvalue weighted by Gasteiger charge is 2.35. The van der Waals surface area contributed by atoms with E-state index in [2.05, 4.69) is 53.6 Å². The average Bonchev–Trinajstić information content (AvgIpc) is 3.20. The number of allylic oxidation sites excluding steroid dienone is 1. The van der Waals surface area contributed by atoms with E-state index < -0.39 is 0 Å². The second kappa shape index (κ2) is 9.39. The first-order valence-electron chi connectivity index (χ1n) is 10.5. The number of aromatic nitrogens is 3. The molecule has 0 radical (unpaired) electrons. The molecule has 0 aliphatic carbocycles. The van der Waals surface area contributed by atoms with Crippen LogP contribution >= 0.6 is 11.8 Å². The summed E-state index contributed by atoms with van der Waals surface area (Å²) >= 11 is 1.57. The first-order chi connectivity index (χ1) is 15.1. The molecular formula is C24H26N4O2S. The fraction of sp³-hybridized carbons (Fsp3) is 0.292. The van der Waals surface area contributed by atoms with E-state index in [9.17, 15) is 4.79 Å². The van der Waals surface area contributed by atoms with E-state index in [0.717, 1.165) is 23.4 Å². The van der Waals surface area contributed by atoms with Gasteiger partial charge in [-0.15, -0.1) is 5.10 Å². The van der Waals surface area contributed by atoms with Crippen molar-refractivity contribution in [1.29, 1.82) is 0 Å². The number of thioether (sulfide) groups is 1. The van der Waals surface area contributed by atoms with E-state index in [1.54, 1.807) is 16.4 Å². The molecule has 0 bridgehead atoms. The van der Waals surface area contributed by atoms with Crippen LogP contribution in [-0.4, -0.2) is 27.3 Å². The van der Waals surface area contributed by atoms with Crippen molar-refractivity contribution in [3.8, 4) is 0 Å². The van der Waals surface area contributed by atoms with Crippen LogP contribution in [0.15, 0.2) is 71.0 Å². The molecule has 160 valence electrons. The first-order valence-corrected chi connectivity index (χ1v) is 11.5. The summed E-state index contributed by atoms with van der Waals surface area (Å²) in [6.45, 7) is 6.14. The van der Waals surface area contributed by atoms with Gasteiger partial charge in [0, 0.05) is 11.4 Å². The number of anilines is 1. The molecule has 0 amide bonds. The van der Waals surface area contributed by atoms with Gasteiger partial charge >= 0.3 is 5.97 Å². The number of hydrogen-bond acceptors (Lipinski definition) is 6. The number of carbonyl (C=O) groups is 1. The number of hydrogen-bond donors (Lipinski definition) is 1. The maximum Gasteiger partial charge on any atom is 0.338 e. The molecule has 0 spiro atoms. The Kier molecular flexibility index (Phi) is 6.42. The average molecular weight is 435 g/mol. The third-order valence-electron chi connectivity index (χ3n) is 5.24. The lowest BCUT2D eigenvalue weighted by atomic mass is 9.95. The summed E-state index contributed by atoms with van der Waals surface area (Å²) in [7, 11) is 0. The first kappa shape index (κ1) is 21.2. The van der Waals surface area contributed by atoms with Gasteiger partial charge in [-0.05, 0) is 37.0 Å². The van der Waals surface area contributed by atoms with Crippen molar-refractivity contribution >= 4 is 23.7 Å². The SMILES string of the molecule is CCOC(=O)C1=C(C)Nc2nc(SCc3ccccc3)nn2[C@H]1c1ccc(CC)cc1. The molecule has 7 heteroatoms. The third-order valence-corrected chi connectivity index (χ3v) is 6.15. The Labute approximate surface area is 186 Å². The van der Waals surface area contributed by atoms with E-state index in [1.807, 2.05) is 32.0 Å². The summed E-state index contributed by atoms with van der Waals surface area (Å²) in [5.41, 5.74) is 4.73. The number of rotatable bonds is 7. The van der Waals surface area contributed by atoms with E-state index in [0.29, 0.717) is 23.3 Å². The molecule has 4 rings (SSSR count). The van der Waals surface area contributed by atoms with Gasteiger partial charge in [0.05, 0.1) is 12.2 Å². The number of esters is 1. The lowest BCUT2D eigenvalue weighted by Gasteiger charge is -2.28. The smallest absolute Gasteiger partial charge is 0.338 e. The van der Waals surface area contributed by atoms with Crippen molar-refractivity contribution < 1.29 is 9.53 Å². The summed E-state index contributed by atoms with van der Waals surface area (Å²) in [5.74, 6) is 1.07. The van der Waals surface area contributed by atoms with Gasteiger partial charge < -0.3 is 10.1 Å². The van der Waals surface area contributed by atoms with Crippen molar-refractivity contribution in [3.05, 3.63) is 82.6 Å². The third kappa shape index (κ3) is 4.51. The summed E-state index contributed by atoms with van der Waals surface area (Å²) in [6, 6.07) is 18.1. The zero-order valence-electron chi connectivity index (χ0n) is 18.0. The highest BCUT2D eigenvalue weighted by atomic mass is 32.2. The van der Waals surface area contributed by atoms with Crippen molar-refractivity contribution in [1.82, 2.24) is 14.8 Å². The monoisotopic (exact) mass is 434 g/mol. The summed E-state index contributed by atoms with van der Waals surface area (Å²) < 4.78 is 7.17. The van der Waals surface area contributed by atoms with Gasteiger partial charge in [0.2, 0.25) is 11.1 Å². The number of aryl methyl sites for hydroxylation is 1. The quantitative estimate of drug-likeness (QED) is 0.418. The van der Waals surface area contributed by atoms with E-state index in [1.165, 1.54) is 11.1 Å². The maximum absolute atomic E-state index is 12.9. The highest BCUT2D eigenvalue weighted by Crippen LogP contribution is 2.37. The Morgan fingerprint density at radius 2 is 1.84 bits per heavy atom. The molecule has 3 aromatic rings. The molecule has 0 unspecified atom stereocenters. The summed E-state index contributed by atoms with van der Waals surface area (Å²) in [5, 5.41) is 8.67. The van der Waals surface area contributed by atoms with Gasteiger partial charge in [-0.2, -0.15) is 4.98 Å². The topological polar surface area (TPSA) is 69.0 Å². The van der Waals surface area contributed by atoms with Gasteiger partial charge in [-0.1, -0.05) is 73.3 Å². The van der Waals surface area contributed by atoms with Crippen LogP contribution in [-0.2, 0) is 21.7 Å². The number of nitrogens with zero attached hydrogens (tertiary/aromatic N) is 3. The van der Waals surface area contributed by atoms with Gasteiger partial charge in [-0.3, -0.25) is 0 Å². The summed E-state index contributed by atoms with van der Waals surface area (Å²) in [6.07, 6.45) is 0.959. The fourth-order valence-electron chi connectivity index (χ4n) is 3.63. The Morgan fingerprint density at radius 1 is 1.10 bits per heavy atom. The Morgan fingerprint density at radius 3 is 2.52 bits per heavy atom. The van der Waals surface area contributed by atoms with Crippen LogP contribution in [0.1, 0.15) is 43.5 Å². The number of ether oxygens (including phenoxy) is 1. The molecule has 2 heterocycles. The van der Waals surface area contributed by atoms with Crippen LogP contribution in [0.4, 0.5) is 5.95 Å². The minimum atomic E-state index is -0.389. The molecule has 1 aromatic heterocycles. The molecular weight excluding hydrogens is 408 g/mol. The van der Waals surface area contributed by atoms with Crippen LogP contribution < -0.4 is 5.32 Å². The lowest BCUT2D eigenvalue weighted by Crippen LogP contribution is -2.29. The van der Waals surface area contributed by atoms with E-state index >= 15 is 0 Å². The van der Waals surface area contributed by atoms with E-state index in [-0.39, 0.29) is 12.0 Å². The molecule has 2 aromatic carbocycles. The number of fused-ring (bicyclic) bond motifs is 1. The molecule has 1 aliphatic heterocycles. The van der Waals surface area contributed by atoms with Crippen LogP contribution in [0, 0.1) is 0 Å². The molecule has 1 atom stereocenters. The Bertz CT molecular complexity index is 1090. The molecule has 1 aliphatic rings. The van der Waals surface area contributed by atoms with Gasteiger partial charge in [0.1, 0.15) is 6.04 Å². The molecule has 0 saturated heterocycles.